The van der Waals surface area contributed by atoms with Gasteiger partial charge in [-0.2, -0.15) is 0 Å². The molecule has 4 aromatic rings. The van der Waals surface area contributed by atoms with E-state index in [0.717, 1.165) is 16.3 Å². The largest absolute Gasteiger partial charge is 0.344 e. The lowest BCUT2D eigenvalue weighted by molar-refractivity contribution is 0.0953. The monoisotopic (exact) mass is 350 g/mol. The second kappa shape index (κ2) is 6.40. The van der Waals surface area contributed by atoms with Gasteiger partial charge in [-0.3, -0.25) is 14.2 Å². The summed E-state index contributed by atoms with van der Waals surface area (Å²) in [5.74, 6) is 0.501. The maximum atomic E-state index is 12.5. The number of carbonyl (C=O) groups excluding carboxylic acids is 1. The van der Waals surface area contributed by atoms with E-state index in [2.05, 4.69) is 25.5 Å². The summed E-state index contributed by atoms with van der Waals surface area (Å²) in [7, 11) is 0. The predicted molar refractivity (Wildman–Crippen MR) is 94.2 cm³/mol. The van der Waals surface area contributed by atoms with Crippen LogP contribution in [0.5, 0.6) is 0 Å². The molecular weight excluding hydrogens is 336 g/mol. The third kappa shape index (κ3) is 2.99. The molecule has 124 valence electrons. The van der Waals surface area contributed by atoms with Gasteiger partial charge in [0.25, 0.3) is 5.91 Å². The highest BCUT2D eigenvalue weighted by atomic mass is 32.1. The first-order valence-electron chi connectivity index (χ1n) is 7.68. The maximum absolute atomic E-state index is 12.5. The third-order valence-electron chi connectivity index (χ3n) is 3.68. The minimum Gasteiger partial charge on any atom is -0.344 e. The van der Waals surface area contributed by atoms with Gasteiger partial charge in [-0.05, 0) is 31.2 Å². The van der Waals surface area contributed by atoms with E-state index >= 15 is 0 Å². The van der Waals surface area contributed by atoms with Crippen LogP contribution < -0.4 is 5.32 Å². The van der Waals surface area contributed by atoms with Gasteiger partial charge in [0.05, 0.1) is 17.9 Å². The quantitative estimate of drug-likeness (QED) is 0.611. The Morgan fingerprint density at radius 2 is 2.08 bits per heavy atom. The Hall–Kier alpha value is -3.13. The van der Waals surface area contributed by atoms with E-state index in [1.807, 2.05) is 53.9 Å². The van der Waals surface area contributed by atoms with E-state index in [9.17, 15) is 4.79 Å². The number of nitrogens with zero attached hydrogens (tertiary/aromatic N) is 5. The van der Waals surface area contributed by atoms with Crippen LogP contribution in [-0.2, 0) is 6.54 Å². The van der Waals surface area contributed by atoms with Gasteiger partial charge in [-0.25, -0.2) is 4.98 Å². The molecule has 1 amide bonds. The van der Waals surface area contributed by atoms with E-state index in [4.69, 9.17) is 0 Å². The van der Waals surface area contributed by atoms with Crippen molar-refractivity contribution in [3.63, 3.8) is 0 Å². The zero-order valence-corrected chi connectivity index (χ0v) is 14.2. The zero-order chi connectivity index (χ0) is 17.2. The fourth-order valence-electron chi connectivity index (χ4n) is 2.46. The topological polar surface area (TPSA) is 85.1 Å². The lowest BCUT2D eigenvalue weighted by Gasteiger charge is -2.02. The van der Waals surface area contributed by atoms with Crippen LogP contribution >= 0.6 is 11.3 Å². The molecule has 25 heavy (non-hydrogen) atoms. The summed E-state index contributed by atoms with van der Waals surface area (Å²) in [6.45, 7) is 2.12. The Morgan fingerprint density at radius 3 is 2.92 bits per heavy atom. The van der Waals surface area contributed by atoms with Gasteiger partial charge in [0.15, 0.2) is 11.5 Å². The number of hydrogen-bond acceptors (Lipinski definition) is 6. The molecule has 1 N–H and O–H groups in total. The highest BCUT2D eigenvalue weighted by molar-refractivity contribution is 7.17. The maximum Gasteiger partial charge on any atom is 0.263 e. The summed E-state index contributed by atoms with van der Waals surface area (Å²) in [6.07, 6.45) is 3.58. The molecule has 0 radical (unpaired) electrons. The number of nitrogens with one attached hydrogen (secondary N) is 1. The summed E-state index contributed by atoms with van der Waals surface area (Å²) < 4.78 is 1.85. The summed E-state index contributed by atoms with van der Waals surface area (Å²) in [5.41, 5.74) is 2.20. The fraction of sp³-hybridized carbons (Fsp3) is 0.118. The number of aryl methyl sites for hydroxylation is 1. The molecular formula is C17H14N6OS. The van der Waals surface area contributed by atoms with Crippen LogP contribution in [0.2, 0.25) is 0 Å². The lowest BCUT2D eigenvalue weighted by Crippen LogP contribution is -2.23. The molecule has 7 nitrogen and oxygen atoms in total. The van der Waals surface area contributed by atoms with E-state index in [0.29, 0.717) is 22.9 Å². The molecule has 0 aliphatic carbocycles. The first-order valence-corrected chi connectivity index (χ1v) is 8.49. The summed E-state index contributed by atoms with van der Waals surface area (Å²) in [4.78, 5) is 21.8. The van der Waals surface area contributed by atoms with Crippen LogP contribution in [0.15, 0.2) is 48.8 Å². The van der Waals surface area contributed by atoms with E-state index < -0.39 is 0 Å². The van der Waals surface area contributed by atoms with Crippen LogP contribution in [0.3, 0.4) is 0 Å². The molecule has 8 heteroatoms. The number of carbonyl (C=O) groups is 1. The minimum atomic E-state index is -0.176. The molecule has 0 aromatic carbocycles. The second-order valence-corrected chi connectivity index (χ2v) is 6.38. The number of aromatic nitrogens is 5. The van der Waals surface area contributed by atoms with Crippen LogP contribution in [0, 0.1) is 6.92 Å². The molecule has 0 saturated heterocycles. The first-order chi connectivity index (χ1) is 12.2. The van der Waals surface area contributed by atoms with Gasteiger partial charge >= 0.3 is 0 Å². The first kappa shape index (κ1) is 15.4. The normalized spacial score (nSPS) is 10.9. The SMILES string of the molecule is Cc1nc(-c2ccccn2)sc1C(=O)NCc1nnc2ccccn12. The number of pyridine rings is 2. The van der Waals surface area contributed by atoms with Crippen molar-refractivity contribution in [1.82, 2.24) is 29.9 Å². The van der Waals surface area contributed by atoms with E-state index in [1.54, 1.807) is 6.20 Å². The van der Waals surface area contributed by atoms with E-state index in [1.165, 1.54) is 11.3 Å². The van der Waals surface area contributed by atoms with E-state index in [-0.39, 0.29) is 5.91 Å². The summed E-state index contributed by atoms with van der Waals surface area (Å²) >= 11 is 1.33. The molecule has 0 unspecified atom stereocenters. The molecule has 0 aliphatic heterocycles. The molecule has 4 heterocycles. The number of rotatable bonds is 4. The molecule has 4 aromatic heterocycles. The Labute approximate surface area is 147 Å². The van der Waals surface area contributed by atoms with Crippen LogP contribution in [0.25, 0.3) is 16.3 Å². The number of thiazole rings is 1. The number of amides is 1. The predicted octanol–water partition coefficient (Wildman–Crippen LogP) is 2.49. The van der Waals surface area contributed by atoms with Gasteiger partial charge < -0.3 is 5.32 Å². The average molecular weight is 350 g/mol. The lowest BCUT2D eigenvalue weighted by atomic mass is 10.3. The van der Waals surface area contributed by atoms with Gasteiger partial charge in [0, 0.05) is 12.4 Å². The van der Waals surface area contributed by atoms with Crippen molar-refractivity contribution in [2.24, 2.45) is 0 Å². The Bertz CT molecular complexity index is 1040. The highest BCUT2D eigenvalue weighted by Gasteiger charge is 2.17. The number of fused-ring (bicyclic) bond motifs is 1. The van der Waals surface area contributed by atoms with Crippen molar-refractivity contribution < 1.29 is 4.79 Å². The van der Waals surface area contributed by atoms with Gasteiger partial charge in [0.1, 0.15) is 9.88 Å². The Kier molecular flexibility index (Phi) is 3.95. The summed E-state index contributed by atoms with van der Waals surface area (Å²) in [6, 6.07) is 11.3. The van der Waals surface area contributed by atoms with Crippen LogP contribution in [-0.4, -0.2) is 30.5 Å². The van der Waals surface area contributed by atoms with Gasteiger partial charge in [0.2, 0.25) is 0 Å². The van der Waals surface area contributed by atoms with Crippen LogP contribution in [0.4, 0.5) is 0 Å². The van der Waals surface area contributed by atoms with Crippen LogP contribution in [0.1, 0.15) is 21.2 Å². The second-order valence-electron chi connectivity index (χ2n) is 5.38. The standard InChI is InChI=1S/C17H14N6OS/c1-11-15(25-17(20-11)12-6-2-4-8-18-12)16(24)19-10-14-22-21-13-7-3-5-9-23(13)14/h2-9H,10H2,1H3,(H,19,24). The summed E-state index contributed by atoms with van der Waals surface area (Å²) in [5, 5.41) is 11.8. The minimum absolute atomic E-state index is 0.176. The van der Waals surface area contributed by atoms with Crippen molar-refractivity contribution in [2.45, 2.75) is 13.5 Å². The van der Waals surface area contributed by atoms with Gasteiger partial charge in [-0.15, -0.1) is 21.5 Å². The molecule has 0 atom stereocenters. The van der Waals surface area contributed by atoms with Crippen molar-refractivity contribution in [1.29, 1.82) is 0 Å². The molecule has 0 fully saturated rings. The fourth-order valence-corrected chi connectivity index (χ4v) is 3.42. The Balaban J connectivity index is 1.53. The van der Waals surface area contributed by atoms with Crippen molar-refractivity contribution >= 4 is 22.9 Å². The zero-order valence-electron chi connectivity index (χ0n) is 13.4. The number of hydrogen-bond donors (Lipinski definition) is 1. The van der Waals surface area contributed by atoms with Crippen molar-refractivity contribution in [3.8, 4) is 10.7 Å². The van der Waals surface area contributed by atoms with Crippen molar-refractivity contribution in [3.05, 3.63) is 65.2 Å². The molecule has 0 bridgehead atoms. The molecule has 0 spiro atoms. The molecule has 0 aliphatic rings. The molecule has 4 rings (SSSR count). The van der Waals surface area contributed by atoms with Crippen molar-refractivity contribution in [2.75, 3.05) is 0 Å². The van der Waals surface area contributed by atoms with Gasteiger partial charge in [-0.1, -0.05) is 12.1 Å². The highest BCUT2D eigenvalue weighted by Crippen LogP contribution is 2.26. The average Bonchev–Trinajstić information content (AvgIpc) is 3.24. The third-order valence-corrected chi connectivity index (χ3v) is 4.86. The smallest absolute Gasteiger partial charge is 0.263 e. The Morgan fingerprint density at radius 1 is 1.20 bits per heavy atom. The molecule has 0 saturated carbocycles.